The maximum absolute atomic E-state index is 11.6. The first-order valence-corrected chi connectivity index (χ1v) is 11.1. The maximum atomic E-state index is 11.6. The number of hydrogen-bond acceptors (Lipinski definition) is 4. The van der Waals surface area contributed by atoms with Crippen LogP contribution in [0.4, 0.5) is 0 Å². The third kappa shape index (κ3) is 3.99. The van der Waals surface area contributed by atoms with Gasteiger partial charge >= 0.3 is 5.97 Å². The van der Waals surface area contributed by atoms with E-state index in [0.717, 1.165) is 47.2 Å². The zero-order chi connectivity index (χ0) is 22.1. The van der Waals surface area contributed by atoms with Crippen LogP contribution in [-0.4, -0.2) is 43.3 Å². The van der Waals surface area contributed by atoms with Crippen LogP contribution in [-0.2, 0) is 11.3 Å². The molecule has 0 radical (unpaired) electrons. The van der Waals surface area contributed by atoms with E-state index in [-0.39, 0.29) is 0 Å². The van der Waals surface area contributed by atoms with Gasteiger partial charge in [-0.25, -0.2) is 9.67 Å². The van der Waals surface area contributed by atoms with Crippen LogP contribution in [0.5, 0.6) is 0 Å². The fourth-order valence-electron chi connectivity index (χ4n) is 4.40. The van der Waals surface area contributed by atoms with Gasteiger partial charge in [-0.05, 0) is 42.6 Å². The molecule has 0 aliphatic carbocycles. The van der Waals surface area contributed by atoms with Crippen LogP contribution in [0.1, 0.15) is 24.8 Å². The fourth-order valence-corrected chi connectivity index (χ4v) is 4.72. The minimum Gasteiger partial charge on any atom is -0.480 e. The molecule has 1 N–H and O–H groups in total. The van der Waals surface area contributed by atoms with E-state index in [2.05, 4.69) is 10.1 Å². The number of aromatic nitrogens is 3. The molecule has 0 bridgehead atoms. The first-order valence-electron chi connectivity index (χ1n) is 10.8. The van der Waals surface area contributed by atoms with Crippen molar-refractivity contribution in [1.29, 1.82) is 0 Å². The van der Waals surface area contributed by atoms with E-state index in [0.29, 0.717) is 23.6 Å². The van der Waals surface area contributed by atoms with Gasteiger partial charge in [-0.15, -0.1) is 5.10 Å². The van der Waals surface area contributed by atoms with Gasteiger partial charge in [-0.1, -0.05) is 60.5 Å². The number of benzene rings is 2. The Kier molecular flexibility index (Phi) is 5.64. The van der Waals surface area contributed by atoms with Crippen molar-refractivity contribution in [1.82, 2.24) is 19.7 Å². The molecule has 1 fully saturated rings. The van der Waals surface area contributed by atoms with Crippen LogP contribution < -0.4 is 0 Å². The zero-order valence-corrected chi connectivity index (χ0v) is 18.2. The molecule has 1 saturated heterocycles. The lowest BCUT2D eigenvalue weighted by Crippen LogP contribution is -2.44. The van der Waals surface area contributed by atoms with Gasteiger partial charge in [0.25, 0.3) is 0 Å². The molecule has 162 valence electrons. The van der Waals surface area contributed by atoms with Crippen molar-refractivity contribution in [2.45, 2.75) is 31.8 Å². The SMILES string of the molecule is O=C(O)C1CCCCN1Cc1cnc2nn(-c3cccc(-c4ccccc4)c3Cl)cc2c1. The lowest BCUT2D eigenvalue weighted by atomic mass is 10.0. The number of hydrogen-bond donors (Lipinski definition) is 1. The third-order valence-corrected chi connectivity index (χ3v) is 6.41. The second kappa shape index (κ2) is 8.73. The average molecular weight is 447 g/mol. The third-order valence-electron chi connectivity index (χ3n) is 6.01. The summed E-state index contributed by atoms with van der Waals surface area (Å²) in [5.41, 5.74) is 4.39. The Bertz CT molecular complexity index is 1270. The Morgan fingerprint density at radius 2 is 1.97 bits per heavy atom. The van der Waals surface area contributed by atoms with Crippen molar-refractivity contribution in [3.63, 3.8) is 0 Å². The summed E-state index contributed by atoms with van der Waals surface area (Å²) in [5, 5.41) is 15.7. The van der Waals surface area contributed by atoms with Crippen LogP contribution in [0, 0.1) is 0 Å². The van der Waals surface area contributed by atoms with Gasteiger partial charge in [0.15, 0.2) is 5.65 Å². The Hall–Kier alpha value is -3.22. The number of carboxylic acids is 1. The number of halogens is 1. The molecule has 1 aliphatic rings. The molecule has 6 nitrogen and oxygen atoms in total. The van der Waals surface area contributed by atoms with Gasteiger partial charge in [0.1, 0.15) is 6.04 Å². The van der Waals surface area contributed by atoms with E-state index in [4.69, 9.17) is 11.6 Å². The fraction of sp³-hybridized carbons (Fsp3) is 0.240. The highest BCUT2D eigenvalue weighted by molar-refractivity contribution is 6.35. The first-order chi connectivity index (χ1) is 15.6. The zero-order valence-electron chi connectivity index (χ0n) is 17.5. The lowest BCUT2D eigenvalue weighted by molar-refractivity contribution is -0.144. The Labute approximate surface area is 191 Å². The molecule has 5 rings (SSSR count). The number of pyridine rings is 1. The lowest BCUT2D eigenvalue weighted by Gasteiger charge is -2.32. The quantitative estimate of drug-likeness (QED) is 0.457. The molecular formula is C25H23ClN4O2. The number of piperidine rings is 1. The average Bonchev–Trinajstić information content (AvgIpc) is 3.23. The summed E-state index contributed by atoms with van der Waals surface area (Å²) in [6.07, 6.45) is 6.38. The van der Waals surface area contributed by atoms with E-state index in [1.807, 2.05) is 65.7 Å². The molecule has 3 heterocycles. The predicted octanol–water partition coefficient (Wildman–Crippen LogP) is 5.18. The van der Waals surface area contributed by atoms with Gasteiger partial charge in [-0.2, -0.15) is 0 Å². The number of carboxylic acid groups (broad SMARTS) is 1. The van der Waals surface area contributed by atoms with Crippen molar-refractivity contribution in [2.75, 3.05) is 6.54 Å². The maximum Gasteiger partial charge on any atom is 0.320 e. The predicted molar refractivity (Wildman–Crippen MR) is 125 cm³/mol. The van der Waals surface area contributed by atoms with Gasteiger partial charge in [0, 0.05) is 29.9 Å². The molecule has 2 aromatic heterocycles. The van der Waals surface area contributed by atoms with Crippen LogP contribution in [0.15, 0.2) is 67.0 Å². The van der Waals surface area contributed by atoms with Crippen LogP contribution in [0.2, 0.25) is 5.02 Å². The largest absolute Gasteiger partial charge is 0.480 e. The topological polar surface area (TPSA) is 71.2 Å². The molecule has 32 heavy (non-hydrogen) atoms. The molecule has 1 unspecified atom stereocenters. The van der Waals surface area contributed by atoms with Gasteiger partial charge in [-0.3, -0.25) is 9.69 Å². The summed E-state index contributed by atoms with van der Waals surface area (Å²) in [5.74, 6) is -0.750. The molecule has 4 aromatic rings. The standard InChI is InChI=1S/C25H23ClN4O2/c26-23-20(18-7-2-1-3-8-18)9-6-11-21(23)30-16-19-13-17(14-27-24(19)28-30)15-29-12-5-4-10-22(29)25(31)32/h1-3,6-9,11,13-14,16,22H,4-5,10,12,15H2,(H,31,32). The second-order valence-electron chi connectivity index (χ2n) is 8.16. The Balaban J connectivity index is 1.46. The molecule has 1 atom stereocenters. The van der Waals surface area contributed by atoms with Crippen molar-refractivity contribution in [2.24, 2.45) is 0 Å². The summed E-state index contributed by atoms with van der Waals surface area (Å²) in [4.78, 5) is 18.2. The molecule has 1 aliphatic heterocycles. The molecule has 0 spiro atoms. The summed E-state index contributed by atoms with van der Waals surface area (Å²) >= 11 is 6.77. The van der Waals surface area contributed by atoms with Gasteiger partial charge < -0.3 is 5.11 Å². The second-order valence-corrected chi connectivity index (χ2v) is 8.53. The summed E-state index contributed by atoms with van der Waals surface area (Å²) in [7, 11) is 0. The van der Waals surface area contributed by atoms with Crippen LogP contribution in [0.25, 0.3) is 27.8 Å². The van der Waals surface area contributed by atoms with Crippen LogP contribution in [0.3, 0.4) is 0 Å². The van der Waals surface area contributed by atoms with E-state index in [1.165, 1.54) is 0 Å². The monoisotopic (exact) mass is 446 g/mol. The summed E-state index contributed by atoms with van der Waals surface area (Å²) in [6.45, 7) is 1.35. The highest BCUT2D eigenvalue weighted by atomic mass is 35.5. The van der Waals surface area contributed by atoms with Crippen molar-refractivity contribution in [3.8, 4) is 16.8 Å². The Morgan fingerprint density at radius 1 is 1.12 bits per heavy atom. The number of fused-ring (bicyclic) bond motifs is 1. The molecule has 0 saturated carbocycles. The summed E-state index contributed by atoms with van der Waals surface area (Å²) in [6, 6.07) is 17.5. The molecular weight excluding hydrogens is 424 g/mol. The van der Waals surface area contributed by atoms with E-state index >= 15 is 0 Å². The van der Waals surface area contributed by atoms with E-state index in [9.17, 15) is 9.90 Å². The number of carbonyl (C=O) groups is 1. The van der Waals surface area contributed by atoms with E-state index < -0.39 is 12.0 Å². The van der Waals surface area contributed by atoms with Crippen LogP contribution >= 0.6 is 11.6 Å². The Morgan fingerprint density at radius 3 is 2.78 bits per heavy atom. The summed E-state index contributed by atoms with van der Waals surface area (Å²) < 4.78 is 1.76. The number of likely N-dealkylation sites (tertiary alicyclic amines) is 1. The van der Waals surface area contributed by atoms with Gasteiger partial charge in [0.2, 0.25) is 0 Å². The minimum atomic E-state index is -0.750. The number of rotatable bonds is 5. The first kappa shape index (κ1) is 20.7. The number of aliphatic carboxylic acids is 1. The van der Waals surface area contributed by atoms with Crippen molar-refractivity contribution >= 4 is 28.6 Å². The molecule has 2 aromatic carbocycles. The van der Waals surface area contributed by atoms with E-state index in [1.54, 1.807) is 10.9 Å². The molecule has 0 amide bonds. The highest BCUT2D eigenvalue weighted by Gasteiger charge is 2.28. The number of nitrogens with zero attached hydrogens (tertiary/aromatic N) is 4. The normalized spacial score (nSPS) is 17.0. The smallest absolute Gasteiger partial charge is 0.320 e. The van der Waals surface area contributed by atoms with Crippen molar-refractivity contribution in [3.05, 3.63) is 77.6 Å². The molecule has 7 heteroatoms. The van der Waals surface area contributed by atoms with Crippen molar-refractivity contribution < 1.29 is 9.90 Å². The van der Waals surface area contributed by atoms with Gasteiger partial charge in [0.05, 0.1) is 10.7 Å². The minimum absolute atomic E-state index is 0.429. The highest BCUT2D eigenvalue weighted by Crippen LogP contribution is 2.33.